The summed E-state index contributed by atoms with van der Waals surface area (Å²) in [7, 11) is 1.51. The van der Waals surface area contributed by atoms with Crippen LogP contribution in [0.3, 0.4) is 0 Å². The van der Waals surface area contributed by atoms with Crippen molar-refractivity contribution in [1.29, 1.82) is 0 Å². The molecular weight excluding hydrogens is 300 g/mol. The number of amides is 1. The van der Waals surface area contributed by atoms with E-state index in [1.807, 2.05) is 17.5 Å². The van der Waals surface area contributed by atoms with E-state index in [2.05, 4.69) is 5.10 Å². The fourth-order valence-corrected chi connectivity index (χ4v) is 3.40. The van der Waals surface area contributed by atoms with E-state index in [0.29, 0.717) is 23.4 Å². The second-order valence-corrected chi connectivity index (χ2v) is 5.98. The van der Waals surface area contributed by atoms with Crippen LogP contribution in [-0.2, 0) is 4.79 Å². The normalized spacial score (nSPS) is 17.5. The van der Waals surface area contributed by atoms with Gasteiger partial charge in [-0.2, -0.15) is 5.10 Å². The molecule has 0 aliphatic carbocycles. The van der Waals surface area contributed by atoms with Crippen molar-refractivity contribution in [2.45, 2.75) is 19.4 Å². The van der Waals surface area contributed by atoms with Gasteiger partial charge in [0.15, 0.2) is 11.5 Å². The number of ether oxygens (including phenoxy) is 1. The molecule has 1 aromatic heterocycles. The molecule has 0 saturated carbocycles. The minimum atomic E-state index is -0.115. The average Bonchev–Trinajstić information content (AvgIpc) is 3.16. The van der Waals surface area contributed by atoms with Crippen molar-refractivity contribution in [1.82, 2.24) is 5.01 Å². The lowest BCUT2D eigenvalue weighted by atomic mass is 10.0. The smallest absolute Gasteiger partial charge is 0.240 e. The Labute approximate surface area is 132 Å². The summed E-state index contributed by atoms with van der Waals surface area (Å²) >= 11 is 1.60. The molecule has 0 fully saturated rings. The molecule has 2 heterocycles. The van der Waals surface area contributed by atoms with E-state index in [1.165, 1.54) is 19.0 Å². The molecule has 114 valence electrons. The molecule has 0 spiro atoms. The maximum absolute atomic E-state index is 11.9. The van der Waals surface area contributed by atoms with Crippen molar-refractivity contribution < 1.29 is 14.6 Å². The number of hydrogen-bond acceptors (Lipinski definition) is 5. The predicted octanol–water partition coefficient (Wildman–Crippen LogP) is 3.16. The van der Waals surface area contributed by atoms with Gasteiger partial charge in [0.2, 0.25) is 5.91 Å². The van der Waals surface area contributed by atoms with E-state index in [9.17, 15) is 9.90 Å². The SMILES string of the molecule is COc1cccc(C2=NN(C(C)=O)C(c3cccs3)C2)c1O. The zero-order valence-corrected chi connectivity index (χ0v) is 13.1. The predicted molar refractivity (Wildman–Crippen MR) is 85.4 cm³/mol. The van der Waals surface area contributed by atoms with Crippen LogP contribution in [0.1, 0.15) is 29.8 Å². The van der Waals surface area contributed by atoms with Crippen molar-refractivity contribution in [3.63, 3.8) is 0 Å². The van der Waals surface area contributed by atoms with Gasteiger partial charge in [-0.15, -0.1) is 11.3 Å². The summed E-state index contributed by atoms with van der Waals surface area (Å²) in [5, 5.41) is 18.2. The molecule has 0 bridgehead atoms. The van der Waals surface area contributed by atoms with Gasteiger partial charge in [-0.25, -0.2) is 5.01 Å². The molecule has 1 unspecified atom stereocenters. The van der Waals surface area contributed by atoms with Gasteiger partial charge >= 0.3 is 0 Å². The second-order valence-electron chi connectivity index (χ2n) is 5.00. The zero-order chi connectivity index (χ0) is 15.7. The zero-order valence-electron chi connectivity index (χ0n) is 12.3. The third-order valence-corrected chi connectivity index (χ3v) is 4.61. The molecule has 0 saturated heterocycles. The van der Waals surface area contributed by atoms with Gasteiger partial charge in [-0.3, -0.25) is 4.79 Å². The average molecular weight is 316 g/mol. The Morgan fingerprint density at radius 2 is 2.23 bits per heavy atom. The summed E-state index contributed by atoms with van der Waals surface area (Å²) < 4.78 is 5.14. The molecule has 1 N–H and O–H groups in total. The standard InChI is InChI=1S/C16H16N2O3S/c1-10(19)18-13(15-7-4-8-22-15)9-12(17-18)11-5-3-6-14(21-2)16(11)20/h3-8,13,20H,9H2,1-2H3. The van der Waals surface area contributed by atoms with Crippen molar-refractivity contribution in [2.75, 3.05) is 7.11 Å². The number of phenolic OH excluding ortho intramolecular Hbond substituents is 1. The first kappa shape index (κ1) is 14.6. The lowest BCUT2D eigenvalue weighted by molar-refractivity contribution is -0.130. The Kier molecular flexibility index (Phi) is 3.85. The van der Waals surface area contributed by atoms with Crippen LogP contribution in [0.4, 0.5) is 0 Å². The maximum atomic E-state index is 11.9. The van der Waals surface area contributed by atoms with Crippen molar-refractivity contribution in [3.8, 4) is 11.5 Å². The second kappa shape index (κ2) is 5.81. The summed E-state index contributed by atoms with van der Waals surface area (Å²) in [4.78, 5) is 13.0. The Balaban J connectivity index is 1.99. The van der Waals surface area contributed by atoms with Crippen LogP contribution < -0.4 is 4.74 Å². The van der Waals surface area contributed by atoms with Crippen LogP contribution in [0.2, 0.25) is 0 Å². The fraction of sp³-hybridized carbons (Fsp3) is 0.250. The van der Waals surface area contributed by atoms with E-state index in [1.54, 1.807) is 29.5 Å². The molecule has 1 atom stereocenters. The number of thiophene rings is 1. The van der Waals surface area contributed by atoms with Crippen molar-refractivity contribution >= 4 is 23.0 Å². The van der Waals surface area contributed by atoms with Crippen LogP contribution in [0.25, 0.3) is 0 Å². The quantitative estimate of drug-likeness (QED) is 0.946. The highest BCUT2D eigenvalue weighted by atomic mass is 32.1. The largest absolute Gasteiger partial charge is 0.504 e. The number of rotatable bonds is 3. The van der Waals surface area contributed by atoms with Gasteiger partial charge in [0.1, 0.15) is 0 Å². The minimum absolute atomic E-state index is 0.0547. The molecule has 22 heavy (non-hydrogen) atoms. The molecule has 1 aromatic carbocycles. The number of carbonyl (C=O) groups is 1. The first-order valence-corrected chi connectivity index (χ1v) is 7.76. The molecule has 3 rings (SSSR count). The van der Waals surface area contributed by atoms with Crippen LogP contribution in [0.5, 0.6) is 11.5 Å². The van der Waals surface area contributed by atoms with E-state index in [4.69, 9.17) is 4.74 Å². The number of aromatic hydroxyl groups is 1. The molecular formula is C16H16N2O3S. The summed E-state index contributed by atoms with van der Waals surface area (Å²) in [6.07, 6.45) is 0.570. The van der Waals surface area contributed by atoms with E-state index < -0.39 is 0 Å². The monoisotopic (exact) mass is 316 g/mol. The number of hydrazone groups is 1. The Morgan fingerprint density at radius 3 is 2.86 bits per heavy atom. The molecule has 1 amide bonds. The van der Waals surface area contributed by atoms with E-state index >= 15 is 0 Å². The number of hydrogen-bond donors (Lipinski definition) is 1. The fourth-order valence-electron chi connectivity index (χ4n) is 2.59. The van der Waals surface area contributed by atoms with Crippen LogP contribution in [0.15, 0.2) is 40.8 Å². The van der Waals surface area contributed by atoms with E-state index in [-0.39, 0.29) is 17.7 Å². The Bertz CT molecular complexity index is 725. The number of phenols is 1. The maximum Gasteiger partial charge on any atom is 0.240 e. The first-order valence-electron chi connectivity index (χ1n) is 6.89. The summed E-state index contributed by atoms with van der Waals surface area (Å²) in [6, 6.07) is 9.11. The molecule has 1 aliphatic heterocycles. The third-order valence-electron chi connectivity index (χ3n) is 3.63. The number of carbonyl (C=O) groups excluding carboxylic acids is 1. The number of nitrogens with zero attached hydrogens (tertiary/aromatic N) is 2. The lowest BCUT2D eigenvalue weighted by Crippen LogP contribution is -2.23. The van der Waals surface area contributed by atoms with Gasteiger partial charge in [0.05, 0.1) is 18.9 Å². The molecule has 1 aliphatic rings. The number of benzene rings is 1. The number of methoxy groups -OCH3 is 1. The highest BCUT2D eigenvalue weighted by molar-refractivity contribution is 7.10. The summed E-state index contributed by atoms with van der Waals surface area (Å²) in [5.74, 6) is 0.337. The van der Waals surface area contributed by atoms with Crippen LogP contribution in [0, 0.1) is 0 Å². The highest BCUT2D eigenvalue weighted by Crippen LogP contribution is 2.38. The number of para-hydroxylation sites is 1. The Morgan fingerprint density at radius 1 is 1.41 bits per heavy atom. The minimum Gasteiger partial charge on any atom is -0.504 e. The molecule has 6 heteroatoms. The highest BCUT2D eigenvalue weighted by Gasteiger charge is 2.33. The van der Waals surface area contributed by atoms with Gasteiger partial charge < -0.3 is 9.84 Å². The third kappa shape index (κ3) is 2.46. The van der Waals surface area contributed by atoms with Gasteiger partial charge in [-0.1, -0.05) is 12.1 Å². The Hall–Kier alpha value is -2.34. The van der Waals surface area contributed by atoms with Crippen LogP contribution in [-0.4, -0.2) is 28.8 Å². The van der Waals surface area contributed by atoms with Crippen LogP contribution >= 0.6 is 11.3 Å². The van der Waals surface area contributed by atoms with Gasteiger partial charge in [0, 0.05) is 23.8 Å². The lowest BCUT2D eigenvalue weighted by Gasteiger charge is -2.18. The molecule has 2 aromatic rings. The van der Waals surface area contributed by atoms with Crippen molar-refractivity contribution in [3.05, 3.63) is 46.2 Å². The van der Waals surface area contributed by atoms with Crippen molar-refractivity contribution in [2.24, 2.45) is 5.10 Å². The van der Waals surface area contributed by atoms with Gasteiger partial charge in [0.25, 0.3) is 0 Å². The summed E-state index contributed by atoms with van der Waals surface area (Å²) in [5.41, 5.74) is 1.29. The van der Waals surface area contributed by atoms with E-state index in [0.717, 1.165) is 4.88 Å². The first-order chi connectivity index (χ1) is 10.6. The topological polar surface area (TPSA) is 62.1 Å². The summed E-state index contributed by atoms with van der Waals surface area (Å²) in [6.45, 7) is 1.50. The molecule has 0 radical (unpaired) electrons. The van der Waals surface area contributed by atoms with Gasteiger partial charge in [-0.05, 0) is 23.6 Å². The molecule has 5 nitrogen and oxygen atoms in total.